The van der Waals surface area contributed by atoms with Gasteiger partial charge in [-0.05, 0) is 43.5 Å². The summed E-state index contributed by atoms with van der Waals surface area (Å²) in [5, 5.41) is 2.30. The Kier molecular flexibility index (Phi) is 4.54. The molecule has 0 aliphatic carbocycles. The van der Waals surface area contributed by atoms with E-state index in [1.54, 1.807) is 0 Å². The third kappa shape index (κ3) is 3.32. The fourth-order valence-corrected chi connectivity index (χ4v) is 3.50. The molecule has 0 atom stereocenters. The van der Waals surface area contributed by atoms with Gasteiger partial charge in [0.1, 0.15) is 6.10 Å². The van der Waals surface area contributed by atoms with Crippen molar-refractivity contribution in [1.82, 2.24) is 9.88 Å². The molecule has 1 aromatic heterocycles. The van der Waals surface area contributed by atoms with Gasteiger partial charge < -0.3 is 19.3 Å². The van der Waals surface area contributed by atoms with Crippen LogP contribution in [-0.2, 0) is 4.74 Å². The summed E-state index contributed by atoms with van der Waals surface area (Å²) in [7, 11) is 2.17. The number of fused-ring (bicyclic) bond motifs is 1. The number of piperidine rings is 1. The average molecular weight is 327 g/mol. The van der Waals surface area contributed by atoms with Gasteiger partial charge in [-0.2, -0.15) is 0 Å². The first-order chi connectivity index (χ1) is 11.8. The number of anilines is 1. The highest BCUT2D eigenvalue weighted by Crippen LogP contribution is 2.30. The summed E-state index contributed by atoms with van der Waals surface area (Å²) in [6.45, 7) is 5.66. The number of nitrogens with zero attached hydrogens (tertiary/aromatic N) is 3. The molecular weight excluding hydrogens is 302 g/mol. The van der Waals surface area contributed by atoms with Crippen LogP contribution in [0.15, 0.2) is 30.5 Å². The summed E-state index contributed by atoms with van der Waals surface area (Å²) in [6, 6.07) is 8.63. The van der Waals surface area contributed by atoms with Crippen LogP contribution in [-0.4, -0.2) is 62.4 Å². The quantitative estimate of drug-likeness (QED) is 0.866. The van der Waals surface area contributed by atoms with Gasteiger partial charge in [-0.15, -0.1) is 0 Å². The van der Waals surface area contributed by atoms with Crippen LogP contribution < -0.4 is 9.64 Å². The number of likely N-dealkylation sites (tertiary alicyclic amines) is 1. The summed E-state index contributed by atoms with van der Waals surface area (Å²) in [5.41, 5.74) is 1.23. The molecule has 2 saturated heterocycles. The fourth-order valence-electron chi connectivity index (χ4n) is 3.50. The van der Waals surface area contributed by atoms with E-state index >= 15 is 0 Å². The Morgan fingerprint density at radius 1 is 1.08 bits per heavy atom. The summed E-state index contributed by atoms with van der Waals surface area (Å²) < 4.78 is 11.7. The van der Waals surface area contributed by atoms with Crippen molar-refractivity contribution in [3.63, 3.8) is 0 Å². The number of ether oxygens (including phenoxy) is 2. The first-order valence-corrected chi connectivity index (χ1v) is 8.86. The molecule has 0 bridgehead atoms. The van der Waals surface area contributed by atoms with Gasteiger partial charge in [-0.25, -0.2) is 4.98 Å². The molecule has 0 amide bonds. The molecule has 2 fully saturated rings. The molecule has 2 aliphatic heterocycles. The second-order valence-corrected chi connectivity index (χ2v) is 6.74. The molecule has 0 saturated carbocycles. The number of aromatic nitrogens is 1. The SMILES string of the molecule is CN1CCC(Oc2nccc3ccc(N4CCOCC4)cc23)CC1. The summed E-state index contributed by atoms with van der Waals surface area (Å²) >= 11 is 0. The van der Waals surface area contributed by atoms with Crippen molar-refractivity contribution < 1.29 is 9.47 Å². The Morgan fingerprint density at radius 3 is 2.67 bits per heavy atom. The first kappa shape index (κ1) is 15.7. The van der Waals surface area contributed by atoms with E-state index in [1.807, 2.05) is 6.20 Å². The van der Waals surface area contributed by atoms with E-state index in [2.05, 4.69) is 46.1 Å². The molecule has 0 spiro atoms. The van der Waals surface area contributed by atoms with Crippen molar-refractivity contribution in [3.8, 4) is 5.88 Å². The number of hydrogen-bond acceptors (Lipinski definition) is 5. The second kappa shape index (κ2) is 6.95. The van der Waals surface area contributed by atoms with Crippen LogP contribution >= 0.6 is 0 Å². The van der Waals surface area contributed by atoms with Crippen molar-refractivity contribution in [2.45, 2.75) is 18.9 Å². The van der Waals surface area contributed by atoms with E-state index < -0.39 is 0 Å². The zero-order valence-electron chi connectivity index (χ0n) is 14.3. The van der Waals surface area contributed by atoms with Gasteiger partial charge >= 0.3 is 0 Å². The number of hydrogen-bond donors (Lipinski definition) is 0. The van der Waals surface area contributed by atoms with E-state index in [4.69, 9.17) is 9.47 Å². The Labute approximate surface area is 143 Å². The third-order valence-corrected chi connectivity index (χ3v) is 5.03. The van der Waals surface area contributed by atoms with Crippen LogP contribution in [0.1, 0.15) is 12.8 Å². The van der Waals surface area contributed by atoms with Crippen LogP contribution in [0.25, 0.3) is 10.8 Å². The smallest absolute Gasteiger partial charge is 0.221 e. The molecule has 2 aliphatic rings. The Morgan fingerprint density at radius 2 is 1.88 bits per heavy atom. The Hall–Kier alpha value is -1.85. The zero-order valence-corrected chi connectivity index (χ0v) is 14.3. The number of benzene rings is 1. The molecule has 2 aromatic rings. The van der Waals surface area contributed by atoms with E-state index in [1.165, 1.54) is 11.1 Å². The van der Waals surface area contributed by atoms with Crippen molar-refractivity contribution in [1.29, 1.82) is 0 Å². The summed E-state index contributed by atoms with van der Waals surface area (Å²) in [5.74, 6) is 0.775. The fraction of sp³-hybridized carbons (Fsp3) is 0.526. The minimum atomic E-state index is 0.270. The molecule has 0 unspecified atom stereocenters. The van der Waals surface area contributed by atoms with Gasteiger partial charge in [0.25, 0.3) is 0 Å². The maximum absolute atomic E-state index is 6.28. The first-order valence-electron chi connectivity index (χ1n) is 8.86. The molecule has 5 nitrogen and oxygen atoms in total. The molecule has 0 N–H and O–H groups in total. The van der Waals surface area contributed by atoms with E-state index in [0.29, 0.717) is 0 Å². The van der Waals surface area contributed by atoms with Crippen LogP contribution in [0.4, 0.5) is 5.69 Å². The number of rotatable bonds is 3. The Bertz CT molecular complexity index is 692. The molecule has 128 valence electrons. The predicted octanol–water partition coefficient (Wildman–Crippen LogP) is 2.54. The zero-order chi connectivity index (χ0) is 16.4. The predicted molar refractivity (Wildman–Crippen MR) is 95.9 cm³/mol. The van der Waals surface area contributed by atoms with Crippen molar-refractivity contribution >= 4 is 16.5 Å². The minimum absolute atomic E-state index is 0.270. The minimum Gasteiger partial charge on any atom is -0.474 e. The number of pyridine rings is 1. The molecule has 3 heterocycles. The lowest BCUT2D eigenvalue weighted by atomic mass is 10.1. The summed E-state index contributed by atoms with van der Waals surface area (Å²) in [6.07, 6.45) is 4.25. The lowest BCUT2D eigenvalue weighted by Gasteiger charge is -2.30. The maximum atomic E-state index is 6.28. The third-order valence-electron chi connectivity index (χ3n) is 5.03. The van der Waals surface area contributed by atoms with E-state index in [0.717, 1.165) is 63.5 Å². The van der Waals surface area contributed by atoms with Gasteiger partial charge in [0.2, 0.25) is 5.88 Å². The lowest BCUT2D eigenvalue weighted by molar-refractivity contribution is 0.111. The summed E-state index contributed by atoms with van der Waals surface area (Å²) in [4.78, 5) is 9.25. The van der Waals surface area contributed by atoms with Crippen molar-refractivity contribution in [2.24, 2.45) is 0 Å². The van der Waals surface area contributed by atoms with Gasteiger partial charge in [-0.3, -0.25) is 0 Å². The standard InChI is InChI=1S/C19H25N3O2/c1-21-8-5-17(6-9-21)24-19-18-14-16(22-10-12-23-13-11-22)3-2-15(18)4-7-20-19/h2-4,7,14,17H,5-6,8-13H2,1H3. The number of morpholine rings is 1. The Balaban J connectivity index is 1.59. The van der Waals surface area contributed by atoms with Crippen LogP contribution in [0.2, 0.25) is 0 Å². The van der Waals surface area contributed by atoms with E-state index in [-0.39, 0.29) is 6.10 Å². The highest BCUT2D eigenvalue weighted by molar-refractivity contribution is 5.89. The largest absolute Gasteiger partial charge is 0.474 e. The molecule has 0 radical (unpaired) electrons. The van der Waals surface area contributed by atoms with Crippen LogP contribution in [0, 0.1) is 0 Å². The molecular formula is C19H25N3O2. The topological polar surface area (TPSA) is 37.8 Å². The second-order valence-electron chi connectivity index (χ2n) is 6.74. The van der Waals surface area contributed by atoms with Crippen LogP contribution in [0.3, 0.4) is 0 Å². The highest BCUT2D eigenvalue weighted by atomic mass is 16.5. The van der Waals surface area contributed by atoms with Crippen LogP contribution in [0.5, 0.6) is 5.88 Å². The van der Waals surface area contributed by atoms with Gasteiger partial charge in [0.05, 0.1) is 13.2 Å². The molecule has 5 heteroatoms. The van der Waals surface area contributed by atoms with Gasteiger partial charge in [0.15, 0.2) is 0 Å². The molecule has 4 rings (SSSR count). The van der Waals surface area contributed by atoms with Crippen molar-refractivity contribution in [2.75, 3.05) is 51.3 Å². The van der Waals surface area contributed by atoms with E-state index in [9.17, 15) is 0 Å². The van der Waals surface area contributed by atoms with Gasteiger partial charge in [0, 0.05) is 43.4 Å². The lowest BCUT2D eigenvalue weighted by Crippen LogP contribution is -2.36. The average Bonchev–Trinajstić information content (AvgIpc) is 2.64. The highest BCUT2D eigenvalue weighted by Gasteiger charge is 2.20. The normalized spacial score (nSPS) is 20.5. The monoisotopic (exact) mass is 327 g/mol. The molecule has 24 heavy (non-hydrogen) atoms. The molecule has 1 aromatic carbocycles. The maximum Gasteiger partial charge on any atom is 0.221 e. The van der Waals surface area contributed by atoms with Gasteiger partial charge in [-0.1, -0.05) is 6.07 Å². The van der Waals surface area contributed by atoms with Crippen molar-refractivity contribution in [3.05, 3.63) is 30.5 Å².